The highest BCUT2D eigenvalue weighted by atomic mass is 35.5. The van der Waals surface area contributed by atoms with Crippen molar-refractivity contribution < 1.29 is 0 Å². The Morgan fingerprint density at radius 3 is 2.57 bits per heavy atom. The van der Waals surface area contributed by atoms with Gasteiger partial charge in [-0.25, -0.2) is 4.98 Å². The Bertz CT molecular complexity index is 764. The summed E-state index contributed by atoms with van der Waals surface area (Å²) in [6, 6.07) is 16.0. The summed E-state index contributed by atoms with van der Waals surface area (Å²) in [5.74, 6) is 1.01. The van der Waals surface area contributed by atoms with Crippen molar-refractivity contribution in [3.05, 3.63) is 64.9 Å². The van der Waals surface area contributed by atoms with Crippen molar-refractivity contribution in [2.45, 2.75) is 18.9 Å². The SMILES string of the molecule is Cn1c(CC(N)Cc2ccccc2Cl)nc2ccccc21. The molecule has 1 heterocycles. The number of aromatic nitrogens is 2. The van der Waals surface area contributed by atoms with Crippen molar-refractivity contribution in [3.8, 4) is 0 Å². The number of hydrogen-bond acceptors (Lipinski definition) is 2. The topological polar surface area (TPSA) is 43.8 Å². The molecule has 1 unspecified atom stereocenters. The molecule has 1 aromatic heterocycles. The predicted molar refractivity (Wildman–Crippen MR) is 87.5 cm³/mol. The third kappa shape index (κ3) is 2.94. The minimum Gasteiger partial charge on any atom is -0.331 e. The van der Waals surface area contributed by atoms with Gasteiger partial charge in [-0.1, -0.05) is 41.9 Å². The molecule has 0 amide bonds. The summed E-state index contributed by atoms with van der Waals surface area (Å²) in [5.41, 5.74) is 9.52. The molecule has 2 N–H and O–H groups in total. The second-order valence-electron chi connectivity index (χ2n) is 5.34. The van der Waals surface area contributed by atoms with E-state index in [2.05, 4.69) is 15.6 Å². The molecule has 0 fully saturated rings. The Kier molecular flexibility index (Phi) is 3.95. The van der Waals surface area contributed by atoms with Crippen LogP contribution in [0, 0.1) is 0 Å². The molecule has 0 spiro atoms. The quantitative estimate of drug-likeness (QED) is 0.803. The van der Waals surface area contributed by atoms with E-state index in [-0.39, 0.29) is 6.04 Å². The molecule has 4 heteroatoms. The Morgan fingerprint density at radius 1 is 1.10 bits per heavy atom. The van der Waals surface area contributed by atoms with Gasteiger partial charge in [-0.15, -0.1) is 0 Å². The van der Waals surface area contributed by atoms with Gasteiger partial charge >= 0.3 is 0 Å². The molecule has 108 valence electrons. The van der Waals surface area contributed by atoms with Crippen LogP contribution in [-0.2, 0) is 19.9 Å². The molecule has 0 aliphatic heterocycles. The molecule has 1 atom stereocenters. The van der Waals surface area contributed by atoms with Gasteiger partial charge in [0.1, 0.15) is 5.82 Å². The second-order valence-corrected chi connectivity index (χ2v) is 5.74. The fourth-order valence-electron chi connectivity index (χ4n) is 2.63. The van der Waals surface area contributed by atoms with Crippen LogP contribution in [0.4, 0.5) is 0 Å². The average Bonchev–Trinajstić information content (AvgIpc) is 2.78. The standard InChI is InChI=1S/C17H18ClN3/c1-21-16-9-5-4-8-15(16)20-17(21)11-13(19)10-12-6-2-3-7-14(12)18/h2-9,13H,10-11,19H2,1H3. The molecule has 0 aliphatic rings. The van der Waals surface area contributed by atoms with Crippen molar-refractivity contribution in [2.75, 3.05) is 0 Å². The number of aryl methyl sites for hydroxylation is 1. The van der Waals surface area contributed by atoms with E-state index in [4.69, 9.17) is 17.3 Å². The molecule has 21 heavy (non-hydrogen) atoms. The van der Waals surface area contributed by atoms with Crippen LogP contribution in [0.2, 0.25) is 5.02 Å². The number of fused-ring (bicyclic) bond motifs is 1. The number of hydrogen-bond donors (Lipinski definition) is 1. The summed E-state index contributed by atoms with van der Waals surface area (Å²) >= 11 is 6.19. The van der Waals surface area contributed by atoms with E-state index < -0.39 is 0 Å². The van der Waals surface area contributed by atoms with Gasteiger partial charge in [0.15, 0.2) is 0 Å². The largest absolute Gasteiger partial charge is 0.331 e. The lowest BCUT2D eigenvalue weighted by molar-refractivity contribution is 0.626. The molecule has 0 saturated heterocycles. The van der Waals surface area contributed by atoms with Gasteiger partial charge in [0.05, 0.1) is 11.0 Å². The zero-order chi connectivity index (χ0) is 14.8. The average molecular weight is 300 g/mol. The molecule has 3 nitrogen and oxygen atoms in total. The maximum atomic E-state index is 6.29. The first kappa shape index (κ1) is 14.1. The maximum absolute atomic E-state index is 6.29. The van der Waals surface area contributed by atoms with Gasteiger partial charge in [-0.2, -0.15) is 0 Å². The molecular weight excluding hydrogens is 282 g/mol. The summed E-state index contributed by atoms with van der Waals surface area (Å²) in [6.07, 6.45) is 1.49. The molecule has 3 aromatic rings. The maximum Gasteiger partial charge on any atom is 0.111 e. The first-order valence-corrected chi connectivity index (χ1v) is 7.42. The highest BCUT2D eigenvalue weighted by Gasteiger charge is 2.13. The van der Waals surface area contributed by atoms with Crippen LogP contribution in [0.1, 0.15) is 11.4 Å². The van der Waals surface area contributed by atoms with Crippen molar-refractivity contribution in [1.82, 2.24) is 9.55 Å². The van der Waals surface area contributed by atoms with Gasteiger partial charge in [-0.3, -0.25) is 0 Å². The van der Waals surface area contributed by atoms with Crippen LogP contribution >= 0.6 is 11.6 Å². The van der Waals surface area contributed by atoms with Crippen LogP contribution in [0.15, 0.2) is 48.5 Å². The van der Waals surface area contributed by atoms with Gasteiger partial charge in [0.25, 0.3) is 0 Å². The lowest BCUT2D eigenvalue weighted by Gasteiger charge is -2.12. The fraction of sp³-hybridized carbons (Fsp3) is 0.235. The van der Waals surface area contributed by atoms with Gasteiger partial charge < -0.3 is 10.3 Å². The van der Waals surface area contributed by atoms with Crippen molar-refractivity contribution >= 4 is 22.6 Å². The lowest BCUT2D eigenvalue weighted by Crippen LogP contribution is -2.27. The monoisotopic (exact) mass is 299 g/mol. The highest BCUT2D eigenvalue weighted by molar-refractivity contribution is 6.31. The molecule has 2 aromatic carbocycles. The number of benzene rings is 2. The summed E-state index contributed by atoms with van der Waals surface area (Å²) in [6.45, 7) is 0. The fourth-order valence-corrected chi connectivity index (χ4v) is 2.84. The Morgan fingerprint density at radius 2 is 1.81 bits per heavy atom. The van der Waals surface area contributed by atoms with Crippen LogP contribution in [0.3, 0.4) is 0 Å². The van der Waals surface area contributed by atoms with E-state index in [1.165, 1.54) is 0 Å². The van der Waals surface area contributed by atoms with E-state index in [0.717, 1.165) is 40.3 Å². The van der Waals surface area contributed by atoms with Crippen LogP contribution in [0.5, 0.6) is 0 Å². The first-order chi connectivity index (χ1) is 10.1. The molecule has 0 aliphatic carbocycles. The first-order valence-electron chi connectivity index (χ1n) is 7.04. The van der Waals surface area contributed by atoms with Crippen molar-refractivity contribution in [1.29, 1.82) is 0 Å². The Balaban J connectivity index is 1.79. The normalized spacial score (nSPS) is 12.7. The molecule has 3 rings (SSSR count). The van der Waals surface area contributed by atoms with E-state index in [1.54, 1.807) is 0 Å². The third-order valence-electron chi connectivity index (χ3n) is 3.76. The number of halogens is 1. The molecule has 0 bridgehead atoms. The van der Waals surface area contributed by atoms with E-state index in [9.17, 15) is 0 Å². The van der Waals surface area contributed by atoms with Crippen LogP contribution in [0.25, 0.3) is 11.0 Å². The van der Waals surface area contributed by atoms with Gasteiger partial charge in [-0.05, 0) is 30.2 Å². The lowest BCUT2D eigenvalue weighted by atomic mass is 10.0. The Labute approximate surface area is 129 Å². The molecule has 0 radical (unpaired) electrons. The molecular formula is C17H18ClN3. The number of rotatable bonds is 4. The minimum atomic E-state index is 0.000382. The highest BCUT2D eigenvalue weighted by Crippen LogP contribution is 2.19. The van der Waals surface area contributed by atoms with Crippen LogP contribution in [-0.4, -0.2) is 15.6 Å². The van der Waals surface area contributed by atoms with E-state index in [0.29, 0.717) is 0 Å². The van der Waals surface area contributed by atoms with Crippen molar-refractivity contribution in [2.24, 2.45) is 12.8 Å². The second kappa shape index (κ2) is 5.88. The van der Waals surface area contributed by atoms with Crippen molar-refractivity contribution in [3.63, 3.8) is 0 Å². The number of nitrogens with zero attached hydrogens (tertiary/aromatic N) is 2. The van der Waals surface area contributed by atoms with Crippen LogP contribution < -0.4 is 5.73 Å². The summed E-state index contributed by atoms with van der Waals surface area (Å²) in [4.78, 5) is 4.67. The number of imidazole rings is 1. The summed E-state index contributed by atoms with van der Waals surface area (Å²) < 4.78 is 2.11. The predicted octanol–water partition coefficient (Wildman–Crippen LogP) is 3.34. The zero-order valence-electron chi connectivity index (χ0n) is 12.0. The number of nitrogens with two attached hydrogens (primary N) is 1. The third-order valence-corrected chi connectivity index (χ3v) is 4.13. The number of para-hydroxylation sites is 2. The Hall–Kier alpha value is -1.84. The zero-order valence-corrected chi connectivity index (χ0v) is 12.7. The van der Waals surface area contributed by atoms with Gasteiger partial charge in [0.2, 0.25) is 0 Å². The van der Waals surface area contributed by atoms with Gasteiger partial charge in [0, 0.05) is 24.5 Å². The minimum absolute atomic E-state index is 0.000382. The summed E-state index contributed by atoms with van der Waals surface area (Å²) in [7, 11) is 2.03. The summed E-state index contributed by atoms with van der Waals surface area (Å²) in [5, 5.41) is 0.776. The molecule has 0 saturated carbocycles. The smallest absolute Gasteiger partial charge is 0.111 e. The van der Waals surface area contributed by atoms with E-state index in [1.807, 2.05) is 49.5 Å². The van der Waals surface area contributed by atoms with E-state index >= 15 is 0 Å².